The highest BCUT2D eigenvalue weighted by atomic mass is 29.9. The van der Waals surface area contributed by atoms with Gasteiger partial charge in [0.25, 0.3) is 0 Å². The lowest BCUT2D eigenvalue weighted by Gasteiger charge is -2.57. The van der Waals surface area contributed by atoms with Gasteiger partial charge in [-0.15, -0.1) is 5.54 Å². The normalized spacial score (nSPS) is 13.3. The van der Waals surface area contributed by atoms with Crippen molar-refractivity contribution in [2.45, 2.75) is 245 Å². The average molecular weight is 753 g/mol. The van der Waals surface area contributed by atoms with Crippen LogP contribution in [0, 0.1) is 11.5 Å². The van der Waals surface area contributed by atoms with Crippen LogP contribution in [0.4, 0.5) is 0 Å². The van der Waals surface area contributed by atoms with Gasteiger partial charge in [-0.05, 0) is 6.92 Å². The molecule has 0 aromatic carbocycles. The zero-order chi connectivity index (χ0) is 37.1. The number of ether oxygens (including phenoxy) is 1. The van der Waals surface area contributed by atoms with E-state index in [0.29, 0.717) is 0 Å². The summed E-state index contributed by atoms with van der Waals surface area (Å²) in [6.45, 7) is 23.7. The SMILES string of the molecule is CCCCCCCCCC[Si](C)(C)[Si](C#CCOC(=O)[C@H](C)N)([Si](C)(C)CCCCCCCCCC)[Si](C)(C)CCCCCCCCCC. The van der Waals surface area contributed by atoms with Crippen LogP contribution in [0.3, 0.4) is 0 Å². The van der Waals surface area contributed by atoms with Gasteiger partial charge < -0.3 is 10.5 Å². The minimum absolute atomic E-state index is 0.224. The Hall–Kier alpha value is -0.142. The lowest BCUT2D eigenvalue weighted by molar-refractivity contribution is -0.143. The van der Waals surface area contributed by atoms with Gasteiger partial charge in [-0.25, -0.2) is 0 Å². The third-order valence-electron chi connectivity index (χ3n) is 11.9. The van der Waals surface area contributed by atoms with Crippen LogP contribution in [0.5, 0.6) is 0 Å². The summed E-state index contributed by atoms with van der Waals surface area (Å²) in [5.41, 5.74) is 10.2. The summed E-state index contributed by atoms with van der Waals surface area (Å²) >= 11 is 0. The van der Waals surface area contributed by atoms with Crippen molar-refractivity contribution in [3.05, 3.63) is 0 Å². The van der Waals surface area contributed by atoms with Crippen LogP contribution in [0.15, 0.2) is 0 Å². The number of esters is 1. The molecule has 0 bridgehead atoms. The monoisotopic (exact) mass is 752 g/mol. The predicted molar refractivity (Wildman–Crippen MR) is 233 cm³/mol. The Morgan fingerprint density at radius 1 is 0.510 bits per heavy atom. The molecule has 290 valence electrons. The summed E-state index contributed by atoms with van der Waals surface area (Å²) in [5, 5.41) is 0. The fourth-order valence-electron chi connectivity index (χ4n) is 9.33. The van der Waals surface area contributed by atoms with Crippen molar-refractivity contribution in [1.29, 1.82) is 0 Å². The molecule has 0 heterocycles. The minimum Gasteiger partial charge on any atom is -0.451 e. The molecule has 3 nitrogen and oxygen atoms in total. The smallest absolute Gasteiger partial charge is 0.323 e. The summed E-state index contributed by atoms with van der Waals surface area (Å²) in [6.07, 6.45) is 33.4. The molecule has 0 aliphatic heterocycles. The van der Waals surface area contributed by atoms with Crippen molar-refractivity contribution in [3.63, 3.8) is 0 Å². The van der Waals surface area contributed by atoms with Crippen molar-refractivity contribution < 1.29 is 9.53 Å². The van der Waals surface area contributed by atoms with Gasteiger partial charge in [-0.1, -0.05) is 238 Å². The third kappa shape index (κ3) is 19.5. The molecule has 0 aromatic heterocycles. The van der Waals surface area contributed by atoms with E-state index in [0.717, 1.165) is 0 Å². The van der Waals surface area contributed by atoms with Crippen LogP contribution < -0.4 is 5.73 Å². The first kappa shape index (κ1) is 48.9. The molecular weight excluding hydrogens is 663 g/mol. The first-order valence-corrected chi connectivity index (χ1v) is 36.3. The second-order valence-corrected chi connectivity index (χ2v) is 55.8. The van der Waals surface area contributed by atoms with Gasteiger partial charge in [0.05, 0.1) is 22.8 Å². The van der Waals surface area contributed by atoms with Crippen LogP contribution in [0.1, 0.15) is 182 Å². The molecule has 0 saturated heterocycles. The van der Waals surface area contributed by atoms with Gasteiger partial charge in [0.15, 0.2) is 6.61 Å². The van der Waals surface area contributed by atoms with Crippen LogP contribution in [0.2, 0.25) is 57.4 Å². The molecule has 2 N–H and O–H groups in total. The molecule has 0 saturated carbocycles. The number of unbranched alkanes of at least 4 members (excludes halogenated alkanes) is 21. The Morgan fingerprint density at radius 3 is 1.04 bits per heavy atom. The lowest BCUT2D eigenvalue weighted by Crippen LogP contribution is -2.84. The Morgan fingerprint density at radius 2 is 0.776 bits per heavy atom. The number of carbonyl (C=O) groups excluding carboxylic acids is 1. The molecule has 49 heavy (non-hydrogen) atoms. The van der Waals surface area contributed by atoms with Crippen molar-refractivity contribution in [2.24, 2.45) is 5.73 Å². The summed E-state index contributed by atoms with van der Waals surface area (Å²) in [5.74, 6) is 3.32. The quantitative estimate of drug-likeness (QED) is 0.0322. The van der Waals surface area contributed by atoms with E-state index < -0.39 is 35.4 Å². The molecule has 0 radical (unpaired) electrons. The van der Waals surface area contributed by atoms with Crippen LogP contribution in [-0.2, 0) is 9.53 Å². The maximum Gasteiger partial charge on any atom is 0.323 e. The predicted octanol–water partition coefficient (Wildman–Crippen LogP) is 13.7. The molecule has 7 heteroatoms. The molecule has 1 atom stereocenters. The Bertz CT molecular complexity index is 799. The van der Waals surface area contributed by atoms with Crippen LogP contribution in [0.25, 0.3) is 0 Å². The van der Waals surface area contributed by atoms with Gasteiger partial charge >= 0.3 is 5.97 Å². The molecular formula is C42H89NO2Si4. The van der Waals surface area contributed by atoms with Crippen LogP contribution in [-0.4, -0.2) is 48.0 Å². The first-order chi connectivity index (χ1) is 23.3. The number of nitrogens with two attached hydrogens (primary N) is 1. The number of hydrogen-bond donors (Lipinski definition) is 1. The summed E-state index contributed by atoms with van der Waals surface area (Å²) < 4.78 is 5.63. The number of carbonyl (C=O) groups is 1. The molecule has 0 amide bonds. The van der Waals surface area contributed by atoms with E-state index in [2.05, 4.69) is 71.5 Å². The average Bonchev–Trinajstić information content (AvgIpc) is 3.04. The Labute approximate surface area is 312 Å². The molecule has 0 aliphatic rings. The maximum atomic E-state index is 12.3. The van der Waals surface area contributed by atoms with E-state index in [1.165, 1.54) is 172 Å². The largest absolute Gasteiger partial charge is 0.451 e. The van der Waals surface area contributed by atoms with Crippen molar-refractivity contribution in [2.75, 3.05) is 6.61 Å². The highest BCUT2D eigenvalue weighted by Gasteiger charge is 2.65. The first-order valence-electron chi connectivity index (χ1n) is 21.7. The zero-order valence-electron chi connectivity index (χ0n) is 35.3. The second-order valence-electron chi connectivity index (χ2n) is 17.8. The molecule has 0 fully saturated rings. The molecule has 0 unspecified atom stereocenters. The standard InChI is InChI=1S/C42H89NO2Si4/c1-11-14-17-20-23-26-29-32-37-46(5,6)49(40-35-36-45-42(44)41(4)43,47(7,8)38-33-30-27-24-21-18-15-12-2)48(9,10)39-34-31-28-25-22-19-16-13-3/h41H,11-34,36-39,43H2,1-10H3/t41-/m0/s1. The second kappa shape index (κ2) is 28.4. The van der Waals surface area contributed by atoms with E-state index >= 15 is 0 Å². The minimum atomic E-state index is -2.00. The van der Waals surface area contributed by atoms with E-state index in [1.807, 2.05) is 0 Å². The summed E-state index contributed by atoms with van der Waals surface area (Å²) in [7, 11) is -5.07. The van der Waals surface area contributed by atoms with E-state index in [-0.39, 0.29) is 12.6 Å². The zero-order valence-corrected chi connectivity index (χ0v) is 39.3. The fourth-order valence-corrected chi connectivity index (χ4v) is 102. The topological polar surface area (TPSA) is 52.3 Å². The van der Waals surface area contributed by atoms with Crippen molar-refractivity contribution in [3.8, 4) is 11.5 Å². The number of hydrogen-bond acceptors (Lipinski definition) is 3. The van der Waals surface area contributed by atoms with Crippen molar-refractivity contribution in [1.82, 2.24) is 0 Å². The summed E-state index contributed by atoms with van der Waals surface area (Å²) in [6, 6.07) is 3.76. The summed E-state index contributed by atoms with van der Waals surface area (Å²) in [4.78, 5) is 12.3. The highest BCUT2D eigenvalue weighted by molar-refractivity contribution is 7.92. The van der Waals surface area contributed by atoms with Gasteiger partial charge in [0.1, 0.15) is 12.7 Å². The van der Waals surface area contributed by atoms with Crippen molar-refractivity contribution >= 4 is 35.4 Å². The molecule has 0 spiro atoms. The maximum absolute atomic E-state index is 12.3. The third-order valence-corrected chi connectivity index (χ3v) is 81.6. The van der Waals surface area contributed by atoms with Crippen LogP contribution >= 0.6 is 0 Å². The van der Waals surface area contributed by atoms with E-state index in [9.17, 15) is 4.79 Å². The molecule has 0 aliphatic carbocycles. The molecule has 0 aromatic rings. The van der Waals surface area contributed by atoms with E-state index in [4.69, 9.17) is 10.5 Å². The Balaban J connectivity index is 6.25. The molecule has 0 rings (SSSR count). The van der Waals surface area contributed by atoms with Gasteiger partial charge in [0.2, 0.25) is 0 Å². The lowest BCUT2D eigenvalue weighted by atomic mass is 10.1. The van der Waals surface area contributed by atoms with Gasteiger partial charge in [0, 0.05) is 0 Å². The van der Waals surface area contributed by atoms with E-state index in [1.54, 1.807) is 6.92 Å². The fraction of sp³-hybridized carbons (Fsp3) is 0.929. The highest BCUT2D eigenvalue weighted by Crippen LogP contribution is 2.44. The Kier molecular flexibility index (Phi) is 28.3. The van der Waals surface area contributed by atoms with Gasteiger partial charge in [-0.2, -0.15) is 0 Å². The number of rotatable bonds is 32. The van der Waals surface area contributed by atoms with Gasteiger partial charge in [-0.3, -0.25) is 4.79 Å².